The van der Waals surface area contributed by atoms with E-state index in [1.165, 1.54) is 0 Å². The Balaban J connectivity index is 2.07. The van der Waals surface area contributed by atoms with Crippen molar-refractivity contribution in [1.82, 2.24) is 5.09 Å². The van der Waals surface area contributed by atoms with E-state index in [0.29, 0.717) is 0 Å². The minimum Gasteiger partial charge on any atom is -0.296 e. The molecule has 3 aromatic carbocycles. The Bertz CT molecular complexity index is 852. The Hall–Kier alpha value is -1.67. The minimum atomic E-state index is -2.98. The van der Waals surface area contributed by atoms with Crippen molar-refractivity contribution in [2.45, 2.75) is 13.0 Å². The molecule has 4 heteroatoms. The summed E-state index contributed by atoms with van der Waals surface area (Å²) in [4.78, 5) is 0. The van der Waals surface area contributed by atoms with Gasteiger partial charge in [-0.25, -0.2) is 0 Å². The minimum absolute atomic E-state index is 0.0376. The quantitative estimate of drug-likeness (QED) is 0.609. The van der Waals surface area contributed by atoms with Crippen molar-refractivity contribution in [2.24, 2.45) is 0 Å². The lowest BCUT2D eigenvalue weighted by atomic mass is 10.1. The molecule has 0 bridgehead atoms. The molecule has 3 aromatic rings. The summed E-state index contributed by atoms with van der Waals surface area (Å²) in [5.74, 6) is 0. The Labute approximate surface area is 151 Å². The van der Waals surface area contributed by atoms with Gasteiger partial charge in [0.2, 0.25) is 7.29 Å². The van der Waals surface area contributed by atoms with E-state index in [1.807, 2.05) is 91.9 Å². The fraction of sp³-hybridized carbons (Fsp3) is 0.100. The molecule has 0 saturated heterocycles. The van der Waals surface area contributed by atoms with Crippen molar-refractivity contribution >= 4 is 33.8 Å². The molecular weight excluding hydrogens is 381 g/mol. The smallest absolute Gasteiger partial charge is 0.206 e. The van der Waals surface area contributed by atoms with Crippen LogP contribution in [0.3, 0.4) is 0 Å². The molecule has 2 atom stereocenters. The zero-order chi connectivity index (χ0) is 17.0. The Kier molecular flexibility index (Phi) is 5.35. The van der Waals surface area contributed by atoms with E-state index in [1.54, 1.807) is 0 Å². The number of benzene rings is 3. The average molecular weight is 400 g/mol. The maximum atomic E-state index is 14.1. The first-order valence-corrected chi connectivity index (χ1v) is 10.3. The molecule has 0 aliphatic heterocycles. The van der Waals surface area contributed by atoms with Crippen molar-refractivity contribution in [2.75, 3.05) is 0 Å². The van der Waals surface area contributed by atoms with Gasteiger partial charge in [0, 0.05) is 21.1 Å². The third-order valence-electron chi connectivity index (χ3n) is 3.99. The first-order chi connectivity index (χ1) is 11.6. The van der Waals surface area contributed by atoms with Gasteiger partial charge in [0.25, 0.3) is 0 Å². The lowest BCUT2D eigenvalue weighted by molar-refractivity contribution is 0.568. The van der Waals surface area contributed by atoms with E-state index in [4.69, 9.17) is 0 Å². The van der Waals surface area contributed by atoms with Crippen LogP contribution in [-0.2, 0) is 4.57 Å². The van der Waals surface area contributed by atoms with Crippen molar-refractivity contribution in [3.8, 4) is 0 Å². The SMILES string of the molecule is CC(NP(=O)(c1ccccc1)c1ccccc1Br)c1ccccc1. The second-order valence-corrected chi connectivity index (χ2v) is 8.99. The first-order valence-electron chi connectivity index (χ1n) is 7.85. The van der Waals surface area contributed by atoms with Gasteiger partial charge in [-0.1, -0.05) is 60.7 Å². The van der Waals surface area contributed by atoms with Crippen LogP contribution in [0.25, 0.3) is 0 Å². The van der Waals surface area contributed by atoms with Crippen molar-refractivity contribution in [3.63, 3.8) is 0 Å². The first kappa shape index (κ1) is 17.2. The van der Waals surface area contributed by atoms with Crippen molar-refractivity contribution in [3.05, 3.63) is 95.0 Å². The predicted molar refractivity (Wildman–Crippen MR) is 105 cm³/mol. The lowest BCUT2D eigenvalue weighted by Gasteiger charge is -2.26. The number of hydrogen-bond acceptors (Lipinski definition) is 1. The van der Waals surface area contributed by atoms with Gasteiger partial charge in [-0.3, -0.25) is 9.65 Å². The maximum absolute atomic E-state index is 14.1. The molecule has 0 radical (unpaired) electrons. The highest BCUT2D eigenvalue weighted by atomic mass is 79.9. The van der Waals surface area contributed by atoms with Crippen LogP contribution >= 0.6 is 23.2 Å². The van der Waals surface area contributed by atoms with Gasteiger partial charge >= 0.3 is 0 Å². The number of halogens is 1. The van der Waals surface area contributed by atoms with Gasteiger partial charge in [-0.2, -0.15) is 0 Å². The summed E-state index contributed by atoms with van der Waals surface area (Å²) in [7, 11) is -2.98. The number of rotatable bonds is 5. The summed E-state index contributed by atoms with van der Waals surface area (Å²) < 4.78 is 14.9. The summed E-state index contributed by atoms with van der Waals surface area (Å²) >= 11 is 3.56. The summed E-state index contributed by atoms with van der Waals surface area (Å²) in [6.45, 7) is 2.04. The lowest BCUT2D eigenvalue weighted by Crippen LogP contribution is -2.30. The summed E-state index contributed by atoms with van der Waals surface area (Å²) in [6, 6.07) is 27.4. The van der Waals surface area contributed by atoms with E-state index >= 15 is 0 Å². The third-order valence-corrected chi connectivity index (χ3v) is 7.83. The fourth-order valence-corrected chi connectivity index (χ4v) is 6.28. The van der Waals surface area contributed by atoms with E-state index in [9.17, 15) is 4.57 Å². The van der Waals surface area contributed by atoms with Crippen molar-refractivity contribution in [1.29, 1.82) is 0 Å². The van der Waals surface area contributed by atoms with Gasteiger partial charge in [0.15, 0.2) is 0 Å². The van der Waals surface area contributed by atoms with Crippen LogP contribution in [0.4, 0.5) is 0 Å². The molecule has 3 rings (SSSR count). The zero-order valence-corrected chi connectivity index (χ0v) is 15.9. The van der Waals surface area contributed by atoms with Gasteiger partial charge in [0.05, 0.1) is 0 Å². The molecule has 122 valence electrons. The van der Waals surface area contributed by atoms with Gasteiger partial charge in [-0.05, 0) is 52.7 Å². The van der Waals surface area contributed by atoms with Gasteiger partial charge in [-0.15, -0.1) is 0 Å². The largest absolute Gasteiger partial charge is 0.296 e. The zero-order valence-electron chi connectivity index (χ0n) is 13.4. The maximum Gasteiger partial charge on any atom is 0.206 e. The van der Waals surface area contributed by atoms with E-state index in [2.05, 4.69) is 21.0 Å². The average Bonchev–Trinajstić information content (AvgIpc) is 2.63. The summed E-state index contributed by atoms with van der Waals surface area (Å²) in [6.07, 6.45) is 0. The highest BCUT2D eigenvalue weighted by Crippen LogP contribution is 2.43. The second-order valence-electron chi connectivity index (χ2n) is 5.66. The van der Waals surface area contributed by atoms with Gasteiger partial charge in [0.1, 0.15) is 0 Å². The fourth-order valence-electron chi connectivity index (χ4n) is 2.72. The molecule has 0 fully saturated rings. The Morgan fingerprint density at radius 1 is 0.833 bits per heavy atom. The van der Waals surface area contributed by atoms with Crippen LogP contribution in [0.2, 0.25) is 0 Å². The molecule has 2 nitrogen and oxygen atoms in total. The molecule has 1 N–H and O–H groups in total. The van der Waals surface area contributed by atoms with Gasteiger partial charge < -0.3 is 0 Å². The Morgan fingerprint density at radius 3 is 2.00 bits per heavy atom. The molecule has 0 saturated carbocycles. The molecule has 2 unspecified atom stereocenters. The van der Waals surface area contributed by atoms with Crippen LogP contribution in [0.1, 0.15) is 18.5 Å². The van der Waals surface area contributed by atoms with Crippen LogP contribution in [0, 0.1) is 0 Å². The molecule has 24 heavy (non-hydrogen) atoms. The van der Waals surface area contributed by atoms with Crippen LogP contribution in [0.5, 0.6) is 0 Å². The molecule has 0 aromatic heterocycles. The molecule has 0 spiro atoms. The molecule has 0 amide bonds. The van der Waals surface area contributed by atoms with Crippen LogP contribution < -0.4 is 15.7 Å². The normalized spacial score (nSPS) is 14.8. The number of nitrogens with one attached hydrogen (secondary N) is 1. The monoisotopic (exact) mass is 399 g/mol. The molecule has 0 aliphatic rings. The second kappa shape index (κ2) is 7.48. The van der Waals surface area contributed by atoms with E-state index in [0.717, 1.165) is 20.6 Å². The van der Waals surface area contributed by atoms with E-state index in [-0.39, 0.29) is 6.04 Å². The standard InChI is InChI=1S/C20H19BrNOP/c1-16(17-10-4-2-5-11-17)22-24(23,18-12-6-3-7-13-18)20-15-9-8-14-19(20)21/h2-16H,1H3,(H,22,23). The number of hydrogen-bond donors (Lipinski definition) is 1. The summed E-state index contributed by atoms with van der Waals surface area (Å²) in [5.41, 5.74) is 1.11. The Morgan fingerprint density at radius 2 is 1.38 bits per heavy atom. The van der Waals surface area contributed by atoms with Crippen molar-refractivity contribution < 1.29 is 4.57 Å². The molecular formula is C20H19BrNOP. The topological polar surface area (TPSA) is 29.1 Å². The highest BCUT2D eigenvalue weighted by molar-refractivity contribution is 9.10. The molecule has 0 aliphatic carbocycles. The molecule has 0 heterocycles. The van der Waals surface area contributed by atoms with Crippen LogP contribution in [-0.4, -0.2) is 0 Å². The van der Waals surface area contributed by atoms with Crippen LogP contribution in [0.15, 0.2) is 89.4 Å². The highest BCUT2D eigenvalue weighted by Gasteiger charge is 2.30. The predicted octanol–water partition coefficient (Wildman–Crippen LogP) is 5.03. The third kappa shape index (κ3) is 3.54. The summed E-state index contributed by atoms with van der Waals surface area (Å²) in [5, 5.41) is 5.00. The van der Waals surface area contributed by atoms with E-state index < -0.39 is 7.29 Å².